The average Bonchev–Trinajstić information content (AvgIpc) is 3.21. The molecular weight excluding hydrogens is 474 g/mol. The summed E-state index contributed by atoms with van der Waals surface area (Å²) in [7, 11) is 3.55. The number of carbonyl (C=O) groups excluding carboxylic acids is 2. The number of fused-ring (bicyclic) bond motifs is 1. The van der Waals surface area contributed by atoms with Crippen molar-refractivity contribution in [2.45, 2.75) is 71.6 Å². The zero-order chi connectivity index (χ0) is 25.8. The van der Waals surface area contributed by atoms with Gasteiger partial charge in [-0.3, -0.25) is 14.5 Å². The SMILES string of the molecule is CCCCCCN1C(=O)/C(=C\C=C2/N(CCCC)c3ccc(C(=O)N(C)C)cc3C2(C)C)SC1=S. The molecule has 1 aromatic rings. The van der Waals surface area contributed by atoms with E-state index in [1.807, 2.05) is 18.2 Å². The summed E-state index contributed by atoms with van der Waals surface area (Å²) in [5.41, 5.74) is 3.83. The predicted molar refractivity (Wildman–Crippen MR) is 152 cm³/mol. The van der Waals surface area contributed by atoms with Gasteiger partial charge >= 0.3 is 0 Å². The van der Waals surface area contributed by atoms with Crippen molar-refractivity contribution in [2.75, 3.05) is 32.1 Å². The maximum atomic E-state index is 13.1. The van der Waals surface area contributed by atoms with Crippen LogP contribution >= 0.6 is 24.0 Å². The molecule has 1 saturated heterocycles. The van der Waals surface area contributed by atoms with Gasteiger partial charge in [-0.1, -0.05) is 77.4 Å². The summed E-state index contributed by atoms with van der Waals surface area (Å²) < 4.78 is 0.653. The van der Waals surface area contributed by atoms with E-state index in [4.69, 9.17) is 12.2 Å². The van der Waals surface area contributed by atoms with Gasteiger partial charge in [0.15, 0.2) is 0 Å². The number of unbranched alkanes of at least 4 members (excludes halogenated alkanes) is 4. The second-order valence-corrected chi connectivity index (χ2v) is 11.7. The zero-order valence-electron chi connectivity index (χ0n) is 22.0. The molecule has 2 aliphatic heterocycles. The molecule has 1 fully saturated rings. The van der Waals surface area contributed by atoms with E-state index in [0.717, 1.165) is 49.2 Å². The Morgan fingerprint density at radius 2 is 1.71 bits per heavy atom. The number of thiocarbonyl (C=S) groups is 1. The summed E-state index contributed by atoms with van der Waals surface area (Å²) >= 11 is 6.92. The van der Waals surface area contributed by atoms with E-state index in [-0.39, 0.29) is 17.2 Å². The lowest BCUT2D eigenvalue weighted by atomic mass is 9.83. The molecular formula is C28H39N3O2S2. The lowest BCUT2D eigenvalue weighted by Gasteiger charge is -2.27. The van der Waals surface area contributed by atoms with Crippen LogP contribution < -0.4 is 4.90 Å². The summed E-state index contributed by atoms with van der Waals surface area (Å²) in [5.74, 6) is 0.0180. The second kappa shape index (κ2) is 11.7. The molecule has 2 amide bonds. The number of hydrogen-bond donors (Lipinski definition) is 0. The molecule has 0 radical (unpaired) electrons. The third-order valence-corrected chi connectivity index (χ3v) is 8.18. The number of hydrogen-bond acceptors (Lipinski definition) is 5. The fourth-order valence-electron chi connectivity index (χ4n) is 4.68. The minimum absolute atomic E-state index is 0.00347. The minimum Gasteiger partial charge on any atom is -0.345 e. The Kier molecular flexibility index (Phi) is 9.22. The quantitative estimate of drug-likeness (QED) is 0.203. The second-order valence-electron chi connectivity index (χ2n) is 10.0. The smallest absolute Gasteiger partial charge is 0.266 e. The fourth-order valence-corrected chi connectivity index (χ4v) is 5.93. The molecule has 7 heteroatoms. The Morgan fingerprint density at radius 1 is 1.03 bits per heavy atom. The number of amides is 2. The third-order valence-electron chi connectivity index (χ3n) is 6.78. The zero-order valence-corrected chi connectivity index (χ0v) is 23.7. The molecule has 0 saturated carbocycles. The van der Waals surface area contributed by atoms with E-state index in [1.54, 1.807) is 23.9 Å². The molecule has 2 aliphatic rings. The van der Waals surface area contributed by atoms with Crippen LogP contribution in [0.4, 0.5) is 5.69 Å². The first-order valence-corrected chi connectivity index (χ1v) is 14.0. The van der Waals surface area contributed by atoms with E-state index in [0.29, 0.717) is 21.3 Å². The maximum absolute atomic E-state index is 13.1. The predicted octanol–water partition coefficient (Wildman–Crippen LogP) is 6.49. The first-order chi connectivity index (χ1) is 16.6. The summed E-state index contributed by atoms with van der Waals surface area (Å²) in [6, 6.07) is 6.02. The van der Waals surface area contributed by atoms with Gasteiger partial charge < -0.3 is 9.80 Å². The minimum atomic E-state index is -0.296. The van der Waals surface area contributed by atoms with Crippen molar-refractivity contribution >= 4 is 45.8 Å². The highest BCUT2D eigenvalue weighted by molar-refractivity contribution is 8.26. The topological polar surface area (TPSA) is 43.9 Å². The highest BCUT2D eigenvalue weighted by atomic mass is 32.2. The van der Waals surface area contributed by atoms with Crippen molar-refractivity contribution in [1.82, 2.24) is 9.80 Å². The van der Waals surface area contributed by atoms with Gasteiger partial charge in [-0.2, -0.15) is 0 Å². The van der Waals surface area contributed by atoms with Crippen LogP contribution in [-0.4, -0.2) is 53.1 Å². The van der Waals surface area contributed by atoms with Gasteiger partial charge in [0.05, 0.1) is 4.91 Å². The van der Waals surface area contributed by atoms with Gasteiger partial charge in [-0.25, -0.2) is 0 Å². The number of benzene rings is 1. The van der Waals surface area contributed by atoms with Gasteiger partial charge in [0.1, 0.15) is 4.32 Å². The Balaban J connectivity index is 1.92. The Labute approximate surface area is 220 Å². The van der Waals surface area contributed by atoms with E-state index >= 15 is 0 Å². The largest absolute Gasteiger partial charge is 0.345 e. The number of thioether (sulfide) groups is 1. The van der Waals surface area contributed by atoms with E-state index in [9.17, 15) is 9.59 Å². The van der Waals surface area contributed by atoms with Gasteiger partial charge in [-0.05, 0) is 48.8 Å². The van der Waals surface area contributed by atoms with Gasteiger partial charge in [0, 0.05) is 49.5 Å². The van der Waals surface area contributed by atoms with Crippen LogP contribution in [0.1, 0.15) is 82.1 Å². The Morgan fingerprint density at radius 3 is 2.37 bits per heavy atom. The first kappa shape index (κ1) is 27.5. The lowest BCUT2D eigenvalue weighted by Crippen LogP contribution is -2.29. The molecule has 190 valence electrons. The highest BCUT2D eigenvalue weighted by Gasteiger charge is 2.40. The summed E-state index contributed by atoms with van der Waals surface area (Å²) in [5, 5.41) is 0. The maximum Gasteiger partial charge on any atom is 0.266 e. The monoisotopic (exact) mass is 513 g/mol. The van der Waals surface area contributed by atoms with Crippen LogP contribution in [0.3, 0.4) is 0 Å². The number of carbonyl (C=O) groups is 2. The Hall–Kier alpha value is -2.12. The standard InChI is InChI=1S/C28H39N3O2S2/c1-7-9-11-12-18-31-26(33)23(35-27(31)34)15-16-24-28(3,4)21-19-20(25(32)29(5)6)13-14-22(21)30(24)17-10-8-2/h13-16,19H,7-12,17-18H2,1-6H3/b23-15+,24-16-. The van der Waals surface area contributed by atoms with Crippen LogP contribution in [0.5, 0.6) is 0 Å². The summed E-state index contributed by atoms with van der Waals surface area (Å²) in [4.78, 5) is 32.1. The highest BCUT2D eigenvalue weighted by Crippen LogP contribution is 2.48. The number of rotatable bonds is 10. The van der Waals surface area contributed by atoms with Crippen LogP contribution in [-0.2, 0) is 10.2 Å². The average molecular weight is 514 g/mol. The van der Waals surface area contributed by atoms with Crippen LogP contribution in [0, 0.1) is 0 Å². The van der Waals surface area contributed by atoms with Crippen molar-refractivity contribution in [3.05, 3.63) is 52.1 Å². The van der Waals surface area contributed by atoms with Gasteiger partial charge in [0.25, 0.3) is 11.8 Å². The summed E-state index contributed by atoms with van der Waals surface area (Å²) in [6.45, 7) is 10.4. The van der Waals surface area contributed by atoms with Crippen molar-refractivity contribution in [1.29, 1.82) is 0 Å². The number of allylic oxidation sites excluding steroid dienone is 3. The van der Waals surface area contributed by atoms with Crippen LogP contribution in [0.15, 0.2) is 41.0 Å². The molecule has 0 bridgehead atoms. The van der Waals surface area contributed by atoms with Crippen molar-refractivity contribution in [3.63, 3.8) is 0 Å². The van der Waals surface area contributed by atoms with Crippen LogP contribution in [0.25, 0.3) is 0 Å². The van der Waals surface area contributed by atoms with Gasteiger partial charge in [0.2, 0.25) is 0 Å². The third kappa shape index (κ3) is 5.83. The van der Waals surface area contributed by atoms with Crippen LogP contribution in [0.2, 0.25) is 0 Å². The van der Waals surface area contributed by atoms with E-state index in [2.05, 4.69) is 44.7 Å². The molecule has 0 aromatic heterocycles. The molecule has 0 N–H and O–H groups in total. The molecule has 0 atom stereocenters. The molecule has 5 nitrogen and oxygen atoms in total. The summed E-state index contributed by atoms with van der Waals surface area (Å²) in [6.07, 6.45) is 10.6. The van der Waals surface area contributed by atoms with E-state index < -0.39 is 0 Å². The molecule has 0 spiro atoms. The molecule has 1 aromatic carbocycles. The Bertz CT molecular complexity index is 1040. The van der Waals surface area contributed by atoms with Gasteiger partial charge in [-0.15, -0.1) is 0 Å². The van der Waals surface area contributed by atoms with E-state index in [1.165, 1.54) is 24.6 Å². The molecule has 0 aliphatic carbocycles. The normalized spacial score (nSPS) is 19.3. The lowest BCUT2D eigenvalue weighted by molar-refractivity contribution is -0.122. The molecule has 2 heterocycles. The van der Waals surface area contributed by atoms with Crippen molar-refractivity contribution < 1.29 is 9.59 Å². The van der Waals surface area contributed by atoms with Crippen molar-refractivity contribution in [2.24, 2.45) is 0 Å². The molecule has 3 rings (SSSR count). The number of nitrogens with zero attached hydrogens (tertiary/aromatic N) is 3. The fraction of sp³-hybridized carbons (Fsp3) is 0.536. The molecule has 35 heavy (non-hydrogen) atoms. The number of anilines is 1. The van der Waals surface area contributed by atoms with Crippen molar-refractivity contribution in [3.8, 4) is 0 Å². The molecule has 0 unspecified atom stereocenters. The first-order valence-electron chi connectivity index (χ1n) is 12.7.